The van der Waals surface area contributed by atoms with Crippen molar-refractivity contribution in [1.82, 2.24) is 4.40 Å². The molecular weight excluding hydrogens is 472 g/mol. The molecule has 32 heavy (non-hydrogen) atoms. The molecule has 0 saturated carbocycles. The Morgan fingerprint density at radius 3 is 2.38 bits per heavy atom. The van der Waals surface area contributed by atoms with Crippen molar-refractivity contribution in [2.75, 3.05) is 12.3 Å². The van der Waals surface area contributed by atoms with Gasteiger partial charge in [-0.1, -0.05) is 46.3 Å². The second-order valence-electron chi connectivity index (χ2n) is 7.40. The van der Waals surface area contributed by atoms with Crippen LogP contribution in [0.25, 0.3) is 27.1 Å². The Hall–Kier alpha value is -3.71. The van der Waals surface area contributed by atoms with Gasteiger partial charge in [-0.05, 0) is 31.2 Å². The van der Waals surface area contributed by atoms with Crippen LogP contribution in [-0.4, -0.2) is 22.8 Å². The van der Waals surface area contributed by atoms with Crippen LogP contribution in [-0.2, 0) is 4.74 Å². The first kappa shape index (κ1) is 20.2. The summed E-state index contributed by atoms with van der Waals surface area (Å²) >= 11 is 3.47. The van der Waals surface area contributed by atoms with Crippen molar-refractivity contribution >= 4 is 60.4 Å². The van der Waals surface area contributed by atoms with Gasteiger partial charge in [0.1, 0.15) is 0 Å². The quantitative estimate of drug-likeness (QED) is 0.170. The molecule has 3 aromatic carbocycles. The van der Waals surface area contributed by atoms with Gasteiger partial charge in [-0.25, -0.2) is 4.79 Å². The van der Waals surface area contributed by atoms with Gasteiger partial charge in [0.2, 0.25) is 0 Å². The van der Waals surface area contributed by atoms with Crippen LogP contribution >= 0.6 is 15.9 Å². The molecule has 0 aliphatic rings. The minimum atomic E-state index is -0.556. The summed E-state index contributed by atoms with van der Waals surface area (Å²) in [6.07, 6.45) is 1.61. The normalized spacial score (nSPS) is 11.4. The Balaban J connectivity index is 2.03. The summed E-state index contributed by atoms with van der Waals surface area (Å²) in [5.74, 6) is -0.946. The van der Waals surface area contributed by atoms with Crippen molar-refractivity contribution in [1.29, 1.82) is 0 Å². The topological polar surface area (TPSA) is 90.9 Å². The molecule has 2 aromatic heterocycles. The summed E-state index contributed by atoms with van der Waals surface area (Å²) < 4.78 is 7.32. The number of aromatic nitrogens is 1. The zero-order chi connectivity index (χ0) is 22.6. The van der Waals surface area contributed by atoms with Crippen LogP contribution in [0.3, 0.4) is 0 Å². The fourth-order valence-electron chi connectivity index (χ4n) is 4.30. The molecule has 0 aliphatic heterocycles. The summed E-state index contributed by atoms with van der Waals surface area (Å²) in [5, 5.41) is 2.13. The van der Waals surface area contributed by atoms with Crippen LogP contribution in [0.4, 0.5) is 5.69 Å². The van der Waals surface area contributed by atoms with Crippen LogP contribution in [0.15, 0.2) is 70.1 Å². The number of hydrogen-bond donors (Lipinski definition) is 1. The van der Waals surface area contributed by atoms with Gasteiger partial charge in [-0.15, -0.1) is 0 Å². The number of halogens is 1. The number of anilines is 1. The predicted molar refractivity (Wildman–Crippen MR) is 128 cm³/mol. The number of benzene rings is 3. The minimum Gasteiger partial charge on any atom is -0.462 e. The number of ketones is 1. The molecule has 6 nitrogen and oxygen atoms in total. The monoisotopic (exact) mass is 488 g/mol. The molecule has 0 unspecified atom stereocenters. The molecule has 5 rings (SSSR count). The van der Waals surface area contributed by atoms with E-state index in [2.05, 4.69) is 15.9 Å². The highest BCUT2D eigenvalue weighted by Crippen LogP contribution is 2.40. The number of nitrogen functional groups attached to an aromatic ring is 1. The molecule has 5 aromatic rings. The number of pyridine rings is 2. The van der Waals surface area contributed by atoms with Crippen molar-refractivity contribution < 1.29 is 14.3 Å². The smallest absolute Gasteiger partial charge is 0.340 e. The van der Waals surface area contributed by atoms with E-state index in [1.54, 1.807) is 67.7 Å². The third-order valence-electron chi connectivity index (χ3n) is 5.61. The highest BCUT2D eigenvalue weighted by molar-refractivity contribution is 9.10. The SMILES string of the molecule is CCOC(=O)c1c(N)c2cccn3c(=O)c(C(=O)c4ccccc4)c4cc(Br)cc1c4c23. The van der Waals surface area contributed by atoms with Crippen molar-refractivity contribution in [2.45, 2.75) is 6.92 Å². The van der Waals surface area contributed by atoms with E-state index < -0.39 is 11.5 Å². The lowest BCUT2D eigenvalue weighted by Crippen LogP contribution is -2.24. The maximum absolute atomic E-state index is 13.6. The predicted octanol–water partition coefficient (Wildman–Crippen LogP) is 4.80. The van der Waals surface area contributed by atoms with Crippen molar-refractivity contribution in [3.8, 4) is 0 Å². The molecule has 0 spiro atoms. The van der Waals surface area contributed by atoms with Crippen molar-refractivity contribution in [3.63, 3.8) is 0 Å². The molecule has 7 heteroatoms. The molecule has 0 atom stereocenters. The zero-order valence-electron chi connectivity index (χ0n) is 17.0. The third kappa shape index (κ3) is 2.81. The highest BCUT2D eigenvalue weighted by Gasteiger charge is 2.27. The molecule has 2 heterocycles. The molecule has 0 bridgehead atoms. The van der Waals surface area contributed by atoms with E-state index in [9.17, 15) is 14.4 Å². The first-order valence-electron chi connectivity index (χ1n) is 10.0. The van der Waals surface area contributed by atoms with Gasteiger partial charge in [0.25, 0.3) is 5.56 Å². The largest absolute Gasteiger partial charge is 0.462 e. The summed E-state index contributed by atoms with van der Waals surface area (Å²) in [6.45, 7) is 1.91. The van der Waals surface area contributed by atoms with Crippen molar-refractivity contribution in [2.24, 2.45) is 0 Å². The first-order valence-corrected chi connectivity index (χ1v) is 10.8. The second kappa shape index (κ2) is 7.46. The second-order valence-corrected chi connectivity index (χ2v) is 8.32. The molecule has 0 amide bonds. The molecule has 2 N–H and O–H groups in total. The van der Waals surface area contributed by atoms with E-state index in [1.807, 2.05) is 0 Å². The van der Waals surface area contributed by atoms with E-state index in [-0.39, 0.29) is 29.2 Å². The van der Waals surface area contributed by atoms with Gasteiger partial charge in [-0.3, -0.25) is 14.0 Å². The average molecular weight is 489 g/mol. The molecule has 158 valence electrons. The number of nitrogens with two attached hydrogens (primary N) is 1. The number of nitrogens with zero attached hydrogens (tertiary/aromatic N) is 1. The van der Waals surface area contributed by atoms with Crippen LogP contribution in [0.1, 0.15) is 33.2 Å². The summed E-state index contributed by atoms with van der Waals surface area (Å²) in [4.78, 5) is 39.9. The van der Waals surface area contributed by atoms with E-state index >= 15 is 0 Å². The Morgan fingerprint density at radius 1 is 1.00 bits per heavy atom. The molecule has 0 aliphatic carbocycles. The standard InChI is InChI=1S/C25H17BrN2O4/c1-2-32-25(31)19-16-11-14(26)12-17-18(16)22-15(21(19)27)9-6-10-28(22)24(30)20(17)23(29)13-7-4-3-5-8-13/h3-12H,2,27H2,1H3. The number of ether oxygens (including phenoxy) is 1. The van der Waals surface area contributed by atoms with Gasteiger partial charge < -0.3 is 10.5 Å². The Labute approximate surface area is 190 Å². The molecule has 0 radical (unpaired) electrons. The number of hydrogen-bond acceptors (Lipinski definition) is 5. The lowest BCUT2D eigenvalue weighted by atomic mass is 9.91. The number of carbonyl (C=O) groups excluding carboxylic acids is 2. The summed E-state index contributed by atoms with van der Waals surface area (Å²) in [6, 6.07) is 15.6. The lowest BCUT2D eigenvalue weighted by molar-refractivity contribution is 0.0530. The Bertz CT molecular complexity index is 1610. The fraction of sp³-hybridized carbons (Fsp3) is 0.0800. The summed E-state index contributed by atoms with van der Waals surface area (Å²) in [7, 11) is 0. The van der Waals surface area contributed by atoms with Crippen molar-refractivity contribution in [3.05, 3.63) is 92.3 Å². The van der Waals surface area contributed by atoms with E-state index in [1.165, 1.54) is 4.40 Å². The Kier molecular flexibility index (Phi) is 4.71. The van der Waals surface area contributed by atoms with Crippen LogP contribution in [0.2, 0.25) is 0 Å². The van der Waals surface area contributed by atoms with Gasteiger partial charge in [0.05, 0.1) is 28.9 Å². The number of carbonyl (C=O) groups is 2. The third-order valence-corrected chi connectivity index (χ3v) is 6.07. The fourth-order valence-corrected chi connectivity index (χ4v) is 4.76. The maximum atomic E-state index is 13.6. The summed E-state index contributed by atoms with van der Waals surface area (Å²) in [5.41, 5.74) is 7.43. The lowest BCUT2D eigenvalue weighted by Gasteiger charge is -2.19. The van der Waals surface area contributed by atoms with E-state index in [0.717, 1.165) is 0 Å². The van der Waals surface area contributed by atoms with Crippen LogP contribution < -0.4 is 11.3 Å². The average Bonchev–Trinajstić information content (AvgIpc) is 2.79. The van der Waals surface area contributed by atoms with Gasteiger partial charge in [0, 0.05) is 37.8 Å². The van der Waals surface area contributed by atoms with Crippen LogP contribution in [0, 0.1) is 0 Å². The minimum absolute atomic E-state index is 0.0343. The molecule has 0 fully saturated rings. The highest BCUT2D eigenvalue weighted by atomic mass is 79.9. The molecule has 0 saturated heterocycles. The van der Waals surface area contributed by atoms with Gasteiger partial charge in [-0.2, -0.15) is 0 Å². The first-order chi connectivity index (χ1) is 15.4. The van der Waals surface area contributed by atoms with Gasteiger partial charge in [0.15, 0.2) is 5.78 Å². The van der Waals surface area contributed by atoms with Gasteiger partial charge >= 0.3 is 5.97 Å². The zero-order valence-corrected chi connectivity index (χ0v) is 18.6. The maximum Gasteiger partial charge on any atom is 0.340 e. The Morgan fingerprint density at radius 2 is 1.69 bits per heavy atom. The number of esters is 1. The van der Waals surface area contributed by atoms with Crippen LogP contribution in [0.5, 0.6) is 0 Å². The van der Waals surface area contributed by atoms with E-state index in [4.69, 9.17) is 10.5 Å². The molecular formula is C25H17BrN2O4. The number of rotatable bonds is 4. The van der Waals surface area contributed by atoms with E-state index in [0.29, 0.717) is 37.1 Å².